The van der Waals surface area contributed by atoms with Crippen LogP contribution in [0.15, 0.2) is 30.3 Å². The van der Waals surface area contributed by atoms with Crippen LogP contribution >= 0.6 is 0 Å². The van der Waals surface area contributed by atoms with E-state index in [1.165, 1.54) is 18.1 Å². The highest BCUT2D eigenvalue weighted by molar-refractivity contribution is 5.92. The number of carbonyl (C=O) groups is 2. The Kier molecular flexibility index (Phi) is 7.32. The van der Waals surface area contributed by atoms with Gasteiger partial charge >= 0.3 is 5.97 Å². The molecule has 0 radical (unpaired) electrons. The second-order valence-electron chi connectivity index (χ2n) is 5.18. The molecular formula is C17H23NO4. The molecule has 1 amide bonds. The fourth-order valence-corrected chi connectivity index (χ4v) is 1.97. The highest BCUT2D eigenvalue weighted by Gasteiger charge is 2.19. The van der Waals surface area contributed by atoms with E-state index in [1.54, 1.807) is 13.0 Å². The zero-order valence-electron chi connectivity index (χ0n) is 13.3. The van der Waals surface area contributed by atoms with E-state index in [2.05, 4.69) is 4.74 Å². The highest BCUT2D eigenvalue weighted by atomic mass is 16.5. The summed E-state index contributed by atoms with van der Waals surface area (Å²) < 4.78 is 4.65. The fraction of sp³-hybridized carbons (Fsp3) is 0.412. The summed E-state index contributed by atoms with van der Waals surface area (Å²) in [4.78, 5) is 25.1. The number of rotatable bonds is 7. The third kappa shape index (κ3) is 5.69. The summed E-state index contributed by atoms with van der Waals surface area (Å²) in [5.74, 6) is -1.06. The average molecular weight is 305 g/mol. The summed E-state index contributed by atoms with van der Waals surface area (Å²) in [5.41, 5.74) is 2.07. The number of benzene rings is 1. The van der Waals surface area contributed by atoms with Gasteiger partial charge in [0.2, 0.25) is 5.91 Å². The van der Waals surface area contributed by atoms with E-state index < -0.39 is 5.92 Å². The van der Waals surface area contributed by atoms with E-state index in [4.69, 9.17) is 5.11 Å². The maximum absolute atomic E-state index is 12.2. The van der Waals surface area contributed by atoms with E-state index >= 15 is 0 Å². The lowest BCUT2D eigenvalue weighted by atomic mass is 10.1. The van der Waals surface area contributed by atoms with Crippen LogP contribution in [0.3, 0.4) is 0 Å². The van der Waals surface area contributed by atoms with Crippen molar-refractivity contribution in [3.8, 4) is 0 Å². The van der Waals surface area contributed by atoms with Crippen LogP contribution in [0.2, 0.25) is 0 Å². The monoisotopic (exact) mass is 305 g/mol. The quantitative estimate of drug-likeness (QED) is 0.614. The Morgan fingerprint density at radius 2 is 1.95 bits per heavy atom. The van der Waals surface area contributed by atoms with E-state index in [-0.39, 0.29) is 31.6 Å². The van der Waals surface area contributed by atoms with Crippen molar-refractivity contribution in [2.75, 3.05) is 26.8 Å². The maximum Gasteiger partial charge on any atom is 0.310 e. The van der Waals surface area contributed by atoms with E-state index in [1.807, 2.05) is 31.2 Å². The fourth-order valence-electron chi connectivity index (χ4n) is 1.97. The first-order chi connectivity index (χ1) is 10.5. The third-order valence-corrected chi connectivity index (χ3v) is 3.28. The molecular weight excluding hydrogens is 282 g/mol. The smallest absolute Gasteiger partial charge is 0.310 e. The molecule has 1 rings (SSSR count). The number of esters is 1. The number of aryl methyl sites for hydroxylation is 1. The van der Waals surface area contributed by atoms with Gasteiger partial charge in [0.25, 0.3) is 0 Å². The molecule has 5 nitrogen and oxygen atoms in total. The number of nitrogens with zero attached hydrogens (tertiary/aromatic N) is 1. The molecule has 1 unspecified atom stereocenters. The first kappa shape index (κ1) is 17.9. The zero-order valence-corrected chi connectivity index (χ0v) is 13.3. The van der Waals surface area contributed by atoms with Gasteiger partial charge in [0, 0.05) is 19.2 Å². The second kappa shape index (κ2) is 9.00. The lowest BCUT2D eigenvalue weighted by molar-refractivity contribution is -0.146. The minimum absolute atomic E-state index is 0.155. The van der Waals surface area contributed by atoms with Gasteiger partial charge in [-0.05, 0) is 18.6 Å². The molecule has 0 aliphatic heterocycles. The molecule has 1 aromatic carbocycles. The van der Waals surface area contributed by atoms with Gasteiger partial charge < -0.3 is 14.7 Å². The Morgan fingerprint density at radius 3 is 2.50 bits per heavy atom. The number of hydrogen-bond acceptors (Lipinski definition) is 4. The summed E-state index contributed by atoms with van der Waals surface area (Å²) in [6.07, 6.45) is 3.17. The lowest BCUT2D eigenvalue weighted by Crippen LogP contribution is -2.38. The summed E-state index contributed by atoms with van der Waals surface area (Å²) in [6, 6.07) is 7.78. The van der Waals surface area contributed by atoms with Gasteiger partial charge in [0.1, 0.15) is 0 Å². The number of aliphatic hydroxyl groups is 1. The van der Waals surface area contributed by atoms with Crippen molar-refractivity contribution in [2.45, 2.75) is 13.8 Å². The predicted octanol–water partition coefficient (Wildman–Crippen LogP) is 1.64. The van der Waals surface area contributed by atoms with Gasteiger partial charge in [0.15, 0.2) is 0 Å². The Balaban J connectivity index is 2.71. The number of carbonyl (C=O) groups excluding carboxylic acids is 2. The standard InChI is InChI=1S/C17H23NO4/c1-13-4-6-15(7-5-13)8-9-16(20)18(10-11-19)12-14(2)17(21)22-3/h4-9,14,19H,10-12H2,1-3H3/b9-8+. The largest absolute Gasteiger partial charge is 0.469 e. The Bertz CT molecular complexity index is 522. The van der Waals surface area contributed by atoms with Crippen LogP contribution in [0, 0.1) is 12.8 Å². The summed E-state index contributed by atoms with van der Waals surface area (Å²) >= 11 is 0. The van der Waals surface area contributed by atoms with E-state index in [9.17, 15) is 9.59 Å². The van der Waals surface area contributed by atoms with Crippen LogP contribution in [0.5, 0.6) is 0 Å². The molecule has 0 bridgehead atoms. The number of ether oxygens (including phenoxy) is 1. The molecule has 1 aromatic rings. The van der Waals surface area contributed by atoms with Gasteiger partial charge in [-0.15, -0.1) is 0 Å². The lowest BCUT2D eigenvalue weighted by Gasteiger charge is -2.22. The van der Waals surface area contributed by atoms with Crippen LogP contribution in [0.1, 0.15) is 18.1 Å². The first-order valence-corrected chi connectivity index (χ1v) is 7.20. The van der Waals surface area contributed by atoms with Gasteiger partial charge in [-0.3, -0.25) is 9.59 Å². The number of methoxy groups -OCH3 is 1. The van der Waals surface area contributed by atoms with Crippen molar-refractivity contribution in [1.82, 2.24) is 4.90 Å². The SMILES string of the molecule is COC(=O)C(C)CN(CCO)C(=O)/C=C/c1ccc(C)cc1. The molecule has 0 saturated carbocycles. The number of aliphatic hydroxyl groups excluding tert-OH is 1. The summed E-state index contributed by atoms with van der Waals surface area (Å²) in [5, 5.41) is 9.08. The molecule has 0 aliphatic rings. The molecule has 0 heterocycles. The number of hydrogen-bond donors (Lipinski definition) is 1. The van der Waals surface area contributed by atoms with Crippen LogP contribution in [0.25, 0.3) is 6.08 Å². The predicted molar refractivity (Wildman–Crippen MR) is 85.1 cm³/mol. The Labute approximate surface area is 131 Å². The average Bonchev–Trinajstić information content (AvgIpc) is 2.52. The van der Waals surface area contributed by atoms with Gasteiger partial charge in [0.05, 0.1) is 19.6 Å². The minimum atomic E-state index is -0.437. The molecule has 1 atom stereocenters. The Hall–Kier alpha value is -2.14. The van der Waals surface area contributed by atoms with Crippen LogP contribution in [0.4, 0.5) is 0 Å². The minimum Gasteiger partial charge on any atom is -0.469 e. The van der Waals surface area contributed by atoms with Crippen molar-refractivity contribution in [3.63, 3.8) is 0 Å². The maximum atomic E-state index is 12.2. The van der Waals surface area contributed by atoms with Crippen molar-refractivity contribution in [1.29, 1.82) is 0 Å². The summed E-state index contributed by atoms with van der Waals surface area (Å²) in [7, 11) is 1.31. The molecule has 0 fully saturated rings. The molecule has 1 N–H and O–H groups in total. The summed E-state index contributed by atoms with van der Waals surface area (Å²) in [6.45, 7) is 3.92. The molecule has 0 saturated heterocycles. The molecule has 0 spiro atoms. The second-order valence-corrected chi connectivity index (χ2v) is 5.18. The van der Waals surface area contributed by atoms with Crippen molar-refractivity contribution >= 4 is 18.0 Å². The van der Waals surface area contributed by atoms with Crippen LogP contribution < -0.4 is 0 Å². The first-order valence-electron chi connectivity index (χ1n) is 7.20. The number of amides is 1. The molecule has 22 heavy (non-hydrogen) atoms. The topological polar surface area (TPSA) is 66.8 Å². The van der Waals surface area contributed by atoms with E-state index in [0.717, 1.165) is 11.1 Å². The molecule has 120 valence electrons. The molecule has 0 aromatic heterocycles. The van der Waals surface area contributed by atoms with Gasteiger partial charge in [-0.2, -0.15) is 0 Å². The van der Waals surface area contributed by atoms with Crippen molar-refractivity contribution in [3.05, 3.63) is 41.5 Å². The Morgan fingerprint density at radius 1 is 1.32 bits per heavy atom. The van der Waals surface area contributed by atoms with Crippen LogP contribution in [-0.4, -0.2) is 48.7 Å². The van der Waals surface area contributed by atoms with Crippen molar-refractivity contribution < 1.29 is 19.4 Å². The van der Waals surface area contributed by atoms with Crippen LogP contribution in [-0.2, 0) is 14.3 Å². The van der Waals surface area contributed by atoms with Crippen molar-refractivity contribution in [2.24, 2.45) is 5.92 Å². The normalized spacial score (nSPS) is 12.2. The third-order valence-electron chi connectivity index (χ3n) is 3.28. The highest BCUT2D eigenvalue weighted by Crippen LogP contribution is 2.07. The molecule has 5 heteroatoms. The zero-order chi connectivity index (χ0) is 16.5. The van der Waals surface area contributed by atoms with Gasteiger partial charge in [-0.1, -0.05) is 36.8 Å². The van der Waals surface area contributed by atoms with E-state index in [0.29, 0.717) is 0 Å². The molecule has 0 aliphatic carbocycles. The van der Waals surface area contributed by atoms with Gasteiger partial charge in [-0.25, -0.2) is 0 Å².